The molecule has 0 aliphatic carbocycles. The van der Waals surface area contributed by atoms with Crippen LogP contribution in [0.5, 0.6) is 0 Å². The third kappa shape index (κ3) is 6.80. The summed E-state index contributed by atoms with van der Waals surface area (Å²) in [6, 6.07) is 7.44. The first-order valence-electron chi connectivity index (χ1n) is 6.84. The molecular weight excluding hydrogens is 391 g/mol. The van der Waals surface area contributed by atoms with E-state index in [0.29, 0.717) is 24.6 Å². The molecule has 0 aromatic heterocycles. The van der Waals surface area contributed by atoms with Crippen molar-refractivity contribution in [1.82, 2.24) is 15.5 Å². The van der Waals surface area contributed by atoms with Gasteiger partial charge in [-0.3, -0.25) is 4.79 Å². The number of terminal acetylenes is 1. The summed E-state index contributed by atoms with van der Waals surface area (Å²) in [6.45, 7) is 3.72. The van der Waals surface area contributed by atoms with E-state index < -0.39 is 0 Å². The highest BCUT2D eigenvalue weighted by molar-refractivity contribution is 14.0. The van der Waals surface area contributed by atoms with Gasteiger partial charge in [-0.15, -0.1) is 30.4 Å². The lowest BCUT2D eigenvalue weighted by atomic mass is 10.1. The average molecular weight is 414 g/mol. The number of halogens is 1. The first kappa shape index (κ1) is 20.2. The van der Waals surface area contributed by atoms with E-state index in [1.807, 2.05) is 31.2 Å². The van der Waals surface area contributed by atoms with Gasteiger partial charge in [-0.25, -0.2) is 4.99 Å². The summed E-state index contributed by atoms with van der Waals surface area (Å²) in [7, 11) is 3.47. The lowest BCUT2D eigenvalue weighted by Crippen LogP contribution is -2.37. The molecule has 0 atom stereocenters. The normalized spacial score (nSPS) is 10.2. The van der Waals surface area contributed by atoms with Crippen molar-refractivity contribution in [2.24, 2.45) is 4.99 Å². The zero-order chi connectivity index (χ0) is 15.7. The number of rotatable bonds is 5. The van der Waals surface area contributed by atoms with E-state index >= 15 is 0 Å². The highest BCUT2D eigenvalue weighted by Gasteiger charge is 2.06. The van der Waals surface area contributed by atoms with Gasteiger partial charge in [0.05, 0.1) is 13.1 Å². The molecular formula is C16H23IN4O. The molecule has 0 fully saturated rings. The predicted molar refractivity (Wildman–Crippen MR) is 102 cm³/mol. The number of guanidine groups is 1. The SMILES string of the molecule is C#CCNC(=NCc1ccc(C(=O)N(C)C)cc1)NCC.I. The van der Waals surface area contributed by atoms with Crippen molar-refractivity contribution in [2.45, 2.75) is 13.5 Å². The molecule has 0 aliphatic heterocycles. The Morgan fingerprint density at radius 1 is 1.27 bits per heavy atom. The van der Waals surface area contributed by atoms with E-state index in [9.17, 15) is 4.79 Å². The topological polar surface area (TPSA) is 56.7 Å². The molecule has 0 heterocycles. The van der Waals surface area contributed by atoms with Crippen molar-refractivity contribution in [2.75, 3.05) is 27.2 Å². The molecule has 1 aromatic rings. The quantitative estimate of drug-likeness (QED) is 0.334. The number of nitrogens with one attached hydrogen (secondary N) is 2. The number of hydrogen-bond donors (Lipinski definition) is 2. The van der Waals surface area contributed by atoms with Gasteiger partial charge in [0.2, 0.25) is 0 Å². The summed E-state index contributed by atoms with van der Waals surface area (Å²) in [4.78, 5) is 17.8. The maximum atomic E-state index is 11.8. The lowest BCUT2D eigenvalue weighted by Gasteiger charge is -2.11. The van der Waals surface area contributed by atoms with Crippen LogP contribution < -0.4 is 10.6 Å². The van der Waals surface area contributed by atoms with Gasteiger partial charge >= 0.3 is 0 Å². The monoisotopic (exact) mass is 414 g/mol. The largest absolute Gasteiger partial charge is 0.357 e. The molecule has 1 aromatic carbocycles. The number of amides is 1. The van der Waals surface area contributed by atoms with Gasteiger partial charge in [0, 0.05) is 26.2 Å². The van der Waals surface area contributed by atoms with Crippen LogP contribution in [0.15, 0.2) is 29.3 Å². The molecule has 0 saturated heterocycles. The summed E-state index contributed by atoms with van der Waals surface area (Å²) in [5, 5.41) is 6.14. The summed E-state index contributed by atoms with van der Waals surface area (Å²) < 4.78 is 0. The van der Waals surface area contributed by atoms with Gasteiger partial charge < -0.3 is 15.5 Å². The van der Waals surface area contributed by atoms with Crippen LogP contribution in [0.2, 0.25) is 0 Å². The Morgan fingerprint density at radius 2 is 1.91 bits per heavy atom. The number of benzene rings is 1. The van der Waals surface area contributed by atoms with Gasteiger partial charge in [-0.2, -0.15) is 0 Å². The fourth-order valence-electron chi connectivity index (χ4n) is 1.66. The maximum absolute atomic E-state index is 11.8. The molecule has 5 nitrogen and oxygen atoms in total. The first-order valence-corrected chi connectivity index (χ1v) is 6.84. The van der Waals surface area contributed by atoms with Crippen LogP contribution in [0.3, 0.4) is 0 Å². The highest BCUT2D eigenvalue weighted by Crippen LogP contribution is 2.07. The standard InChI is InChI=1S/C16H22N4O.HI/c1-5-11-18-16(17-6-2)19-12-13-7-9-14(10-8-13)15(21)20(3)4;/h1,7-10H,6,11-12H2,2-4H3,(H2,17,18,19);1H. The summed E-state index contributed by atoms with van der Waals surface area (Å²) in [6.07, 6.45) is 5.22. The molecule has 0 bridgehead atoms. The zero-order valence-corrected chi connectivity index (χ0v) is 15.5. The minimum atomic E-state index is -0.00548. The van der Waals surface area contributed by atoms with Gasteiger partial charge in [-0.05, 0) is 24.6 Å². The van der Waals surface area contributed by atoms with Crippen LogP contribution in [0.25, 0.3) is 0 Å². The molecule has 22 heavy (non-hydrogen) atoms. The van der Waals surface area contributed by atoms with Gasteiger partial charge in [0.25, 0.3) is 5.91 Å². The number of carbonyl (C=O) groups is 1. The van der Waals surface area contributed by atoms with Crippen LogP contribution in [-0.4, -0.2) is 44.0 Å². The minimum absolute atomic E-state index is 0. The third-order valence-corrected chi connectivity index (χ3v) is 2.73. The fraction of sp³-hybridized carbons (Fsp3) is 0.375. The molecule has 0 spiro atoms. The molecule has 0 saturated carbocycles. The Balaban J connectivity index is 0.00000441. The van der Waals surface area contributed by atoms with Crippen molar-refractivity contribution >= 4 is 35.8 Å². The molecule has 6 heteroatoms. The number of hydrogen-bond acceptors (Lipinski definition) is 2. The smallest absolute Gasteiger partial charge is 0.253 e. The van der Waals surface area contributed by atoms with E-state index in [-0.39, 0.29) is 29.9 Å². The van der Waals surface area contributed by atoms with E-state index in [0.717, 1.165) is 12.1 Å². The number of nitrogens with zero attached hydrogens (tertiary/aromatic N) is 2. The Kier molecular flexibility index (Phi) is 10.0. The second kappa shape index (κ2) is 10.9. The van der Waals surface area contributed by atoms with Crippen LogP contribution in [0.1, 0.15) is 22.8 Å². The summed E-state index contributed by atoms with van der Waals surface area (Å²) >= 11 is 0. The van der Waals surface area contributed by atoms with Crippen LogP contribution in [0, 0.1) is 12.3 Å². The van der Waals surface area contributed by atoms with Crippen molar-refractivity contribution in [3.05, 3.63) is 35.4 Å². The van der Waals surface area contributed by atoms with Crippen molar-refractivity contribution in [1.29, 1.82) is 0 Å². The van der Waals surface area contributed by atoms with Gasteiger partial charge in [0.15, 0.2) is 5.96 Å². The van der Waals surface area contributed by atoms with Crippen molar-refractivity contribution < 1.29 is 4.79 Å². The zero-order valence-electron chi connectivity index (χ0n) is 13.2. The average Bonchev–Trinajstić information content (AvgIpc) is 2.49. The maximum Gasteiger partial charge on any atom is 0.253 e. The Labute approximate surface area is 149 Å². The van der Waals surface area contributed by atoms with Crippen LogP contribution >= 0.6 is 24.0 Å². The number of carbonyl (C=O) groups excluding carboxylic acids is 1. The lowest BCUT2D eigenvalue weighted by molar-refractivity contribution is 0.0827. The second-order valence-corrected chi connectivity index (χ2v) is 4.65. The Bertz CT molecular complexity index is 532. The van der Waals surface area contributed by atoms with E-state index in [1.165, 1.54) is 0 Å². The molecule has 2 N–H and O–H groups in total. The van der Waals surface area contributed by atoms with Gasteiger partial charge in [-0.1, -0.05) is 18.1 Å². The molecule has 120 valence electrons. The molecule has 0 unspecified atom stereocenters. The van der Waals surface area contributed by atoms with Crippen LogP contribution in [-0.2, 0) is 6.54 Å². The van der Waals surface area contributed by atoms with Crippen LogP contribution in [0.4, 0.5) is 0 Å². The Morgan fingerprint density at radius 3 is 2.41 bits per heavy atom. The van der Waals surface area contributed by atoms with E-state index in [4.69, 9.17) is 6.42 Å². The predicted octanol–water partition coefficient (Wildman–Crippen LogP) is 1.69. The summed E-state index contributed by atoms with van der Waals surface area (Å²) in [5.74, 6) is 3.19. The van der Waals surface area contributed by atoms with E-state index in [1.54, 1.807) is 19.0 Å². The first-order chi connectivity index (χ1) is 10.1. The van der Waals surface area contributed by atoms with Gasteiger partial charge in [0.1, 0.15) is 0 Å². The van der Waals surface area contributed by atoms with E-state index in [2.05, 4.69) is 21.5 Å². The fourth-order valence-corrected chi connectivity index (χ4v) is 1.66. The molecule has 1 rings (SSSR count). The molecule has 0 radical (unpaired) electrons. The Hall–Kier alpha value is -1.75. The molecule has 1 amide bonds. The third-order valence-electron chi connectivity index (χ3n) is 2.73. The minimum Gasteiger partial charge on any atom is -0.357 e. The van der Waals surface area contributed by atoms with Crippen molar-refractivity contribution in [3.63, 3.8) is 0 Å². The summed E-state index contributed by atoms with van der Waals surface area (Å²) in [5.41, 5.74) is 1.70. The highest BCUT2D eigenvalue weighted by atomic mass is 127. The van der Waals surface area contributed by atoms with Crippen molar-refractivity contribution in [3.8, 4) is 12.3 Å². The second-order valence-electron chi connectivity index (χ2n) is 4.65. The molecule has 0 aliphatic rings. The number of aliphatic imine (C=N–C) groups is 1.